The van der Waals surface area contributed by atoms with Crippen LogP contribution in [-0.4, -0.2) is 27.9 Å². The smallest absolute Gasteiger partial charge is 0.0852 e. The zero-order valence-electron chi connectivity index (χ0n) is 37.5. The van der Waals surface area contributed by atoms with Crippen molar-refractivity contribution in [3.05, 3.63) is 187 Å². The van der Waals surface area contributed by atoms with Crippen molar-refractivity contribution in [3.8, 4) is 39.5 Å². The van der Waals surface area contributed by atoms with Gasteiger partial charge < -0.3 is 9.55 Å². The fourth-order valence-electron chi connectivity index (χ4n) is 8.92. The Morgan fingerprint density at radius 1 is 0.794 bits per heavy atom. The molecule has 0 saturated heterocycles. The first kappa shape index (κ1) is 44.5. The molecule has 0 fully saturated rings. The predicted octanol–water partition coefficient (Wildman–Crippen LogP) is 14.6. The molecule has 2 atom stereocenters. The molecule has 63 heavy (non-hydrogen) atoms. The standard InChI is InChI=1S/C39H31N2S.C18H24NSi.Ir/c1-39(2,3)27-21-23-33(32(24-27)25-12-5-4-6-13-25)41-34-22-20-26-14-7-8-15-28(26)36(34)40-38(41)31-18-11-17-30-29-16-9-10-19-35(29)42-37(30)31;1-14(2)11-16-12-17(15-9-7-6-8-10-15)19-13-18(16)20(3,4)5;/h4-17,19-24,29,35H,1-3H3;6-9,12-14H,11H2,1-5H3;/q2*-1;. The molecule has 319 valence electrons. The largest absolute Gasteiger partial charge is 0.333 e. The van der Waals surface area contributed by atoms with E-state index in [1.54, 1.807) is 0 Å². The van der Waals surface area contributed by atoms with E-state index >= 15 is 0 Å². The molecule has 0 spiro atoms. The van der Waals surface area contributed by atoms with Gasteiger partial charge in [0.25, 0.3) is 0 Å². The Morgan fingerprint density at radius 3 is 2.30 bits per heavy atom. The van der Waals surface area contributed by atoms with Crippen LogP contribution in [0.5, 0.6) is 0 Å². The summed E-state index contributed by atoms with van der Waals surface area (Å²) in [6, 6.07) is 52.4. The van der Waals surface area contributed by atoms with Gasteiger partial charge in [0, 0.05) is 54.1 Å². The number of allylic oxidation sites excluding steroid dienone is 3. The third-order valence-corrected chi connectivity index (χ3v) is 15.5. The number of thioether (sulfide) groups is 1. The van der Waals surface area contributed by atoms with Crippen LogP contribution in [0.3, 0.4) is 0 Å². The molecule has 3 heterocycles. The van der Waals surface area contributed by atoms with Crippen LogP contribution in [0.1, 0.15) is 57.2 Å². The number of rotatable bonds is 7. The SMILES string of the molecule is CC(C)(C)c1ccc(-n2c(-c3[c-]ccc4c3SC3C=CC=CC43)nc3c4ccccc4ccc32)c(-c2ccccc2)c1.CC(C)Cc1cc(-c2[c-]cccc2)ncc1[Si](C)(C)C.[Ir]. The second-order valence-corrected chi connectivity index (χ2v) is 25.4. The van der Waals surface area contributed by atoms with Gasteiger partial charge in [0.05, 0.1) is 24.9 Å². The van der Waals surface area contributed by atoms with E-state index in [0.29, 0.717) is 17.1 Å². The van der Waals surface area contributed by atoms with Crippen molar-refractivity contribution >= 4 is 46.8 Å². The van der Waals surface area contributed by atoms with Crippen molar-refractivity contribution in [1.82, 2.24) is 14.5 Å². The van der Waals surface area contributed by atoms with Crippen molar-refractivity contribution in [2.75, 3.05) is 0 Å². The van der Waals surface area contributed by atoms with Crippen LogP contribution in [0.25, 0.3) is 61.3 Å². The average molecular weight is 1030 g/mol. The number of hydrogen-bond donors (Lipinski definition) is 0. The van der Waals surface area contributed by atoms with Crippen LogP contribution in [0.15, 0.2) is 163 Å². The van der Waals surface area contributed by atoms with E-state index in [1.807, 2.05) is 30.0 Å². The van der Waals surface area contributed by atoms with Gasteiger partial charge in [-0.15, -0.1) is 59.7 Å². The molecule has 1 radical (unpaired) electrons. The summed E-state index contributed by atoms with van der Waals surface area (Å²) in [6.07, 6.45) is 12.3. The Balaban J connectivity index is 0.000000219. The average Bonchev–Trinajstić information content (AvgIpc) is 3.85. The van der Waals surface area contributed by atoms with Gasteiger partial charge in [0.1, 0.15) is 0 Å². The van der Waals surface area contributed by atoms with Crippen LogP contribution >= 0.6 is 11.8 Å². The molecule has 0 saturated carbocycles. The van der Waals surface area contributed by atoms with Crippen molar-refractivity contribution < 1.29 is 20.1 Å². The van der Waals surface area contributed by atoms with E-state index in [-0.39, 0.29) is 25.5 Å². The van der Waals surface area contributed by atoms with Crippen molar-refractivity contribution in [2.45, 2.75) is 82.2 Å². The summed E-state index contributed by atoms with van der Waals surface area (Å²) in [5.74, 6) is 1.99. The molecule has 8 aromatic rings. The summed E-state index contributed by atoms with van der Waals surface area (Å²) < 4.78 is 2.39. The zero-order chi connectivity index (χ0) is 43.2. The van der Waals surface area contributed by atoms with Gasteiger partial charge in [-0.3, -0.25) is 4.98 Å². The Labute approximate surface area is 393 Å². The predicted molar refractivity (Wildman–Crippen MR) is 268 cm³/mol. The van der Waals surface area contributed by atoms with Gasteiger partial charge >= 0.3 is 0 Å². The normalized spacial score (nSPS) is 15.5. The molecule has 0 amide bonds. The van der Waals surface area contributed by atoms with Crippen molar-refractivity contribution in [1.29, 1.82) is 0 Å². The van der Waals surface area contributed by atoms with Crippen LogP contribution in [0.4, 0.5) is 0 Å². The van der Waals surface area contributed by atoms with E-state index < -0.39 is 8.07 Å². The van der Waals surface area contributed by atoms with Gasteiger partial charge in [-0.2, -0.15) is 11.8 Å². The first-order valence-corrected chi connectivity index (χ1v) is 26.4. The van der Waals surface area contributed by atoms with Gasteiger partial charge in [-0.25, -0.2) is 0 Å². The van der Waals surface area contributed by atoms with Crippen LogP contribution in [0, 0.1) is 18.1 Å². The molecule has 2 aromatic heterocycles. The summed E-state index contributed by atoms with van der Waals surface area (Å²) in [6.45, 7) is 18.6. The zero-order valence-corrected chi connectivity index (χ0v) is 41.7. The van der Waals surface area contributed by atoms with E-state index in [4.69, 9.17) is 4.98 Å². The van der Waals surface area contributed by atoms with E-state index in [2.05, 4.69) is 216 Å². The van der Waals surface area contributed by atoms with Crippen LogP contribution in [-0.2, 0) is 31.9 Å². The molecule has 1 aliphatic heterocycles. The second kappa shape index (κ2) is 18.2. The topological polar surface area (TPSA) is 30.7 Å². The maximum absolute atomic E-state index is 5.47. The molecule has 0 bridgehead atoms. The molecule has 0 N–H and O–H groups in total. The Bertz CT molecular complexity index is 2970. The molecule has 10 rings (SSSR count). The first-order valence-electron chi connectivity index (χ1n) is 22.0. The molecule has 2 unspecified atom stereocenters. The molecule has 1 aliphatic carbocycles. The summed E-state index contributed by atoms with van der Waals surface area (Å²) >= 11 is 1.94. The maximum atomic E-state index is 5.47. The van der Waals surface area contributed by atoms with Crippen LogP contribution < -0.4 is 5.19 Å². The summed E-state index contributed by atoms with van der Waals surface area (Å²) in [4.78, 5) is 11.4. The summed E-state index contributed by atoms with van der Waals surface area (Å²) in [5, 5.41) is 4.27. The van der Waals surface area contributed by atoms with Gasteiger partial charge in [0.15, 0.2) is 0 Å². The third kappa shape index (κ3) is 9.02. The molecular weight excluding hydrogens is 979 g/mol. The Morgan fingerprint density at radius 2 is 1.56 bits per heavy atom. The molecule has 6 heteroatoms. The fourth-order valence-corrected chi connectivity index (χ4v) is 11.9. The number of hydrogen-bond acceptors (Lipinski definition) is 3. The quantitative estimate of drug-likeness (QED) is 0.118. The van der Waals surface area contributed by atoms with Crippen molar-refractivity contribution in [3.63, 3.8) is 0 Å². The molecular formula is C57H55IrN3SSi-2. The van der Waals surface area contributed by atoms with Crippen molar-refractivity contribution in [2.24, 2.45) is 5.92 Å². The molecule has 6 aromatic carbocycles. The number of aromatic nitrogens is 3. The Kier molecular flexibility index (Phi) is 12.8. The molecule has 2 aliphatic rings. The molecule has 3 nitrogen and oxygen atoms in total. The second-order valence-electron chi connectivity index (χ2n) is 19.1. The van der Waals surface area contributed by atoms with E-state index in [0.717, 1.165) is 45.8 Å². The van der Waals surface area contributed by atoms with Gasteiger partial charge in [-0.1, -0.05) is 167 Å². The number of imidazole rings is 1. The number of nitrogens with zero attached hydrogens (tertiary/aromatic N) is 3. The first-order chi connectivity index (χ1) is 29.8. The number of fused-ring (bicyclic) bond motifs is 6. The minimum atomic E-state index is -1.34. The number of pyridine rings is 1. The third-order valence-electron chi connectivity index (χ3n) is 12.0. The summed E-state index contributed by atoms with van der Waals surface area (Å²) in [7, 11) is -1.34. The monoisotopic (exact) mass is 1030 g/mol. The minimum Gasteiger partial charge on any atom is -0.333 e. The van der Waals surface area contributed by atoms with Crippen LogP contribution in [0.2, 0.25) is 19.6 Å². The minimum absolute atomic E-state index is 0. The fraction of sp³-hybridized carbons (Fsp3) is 0.228. The van der Waals surface area contributed by atoms with Gasteiger partial charge in [-0.05, 0) is 63.3 Å². The number of benzene rings is 6. The van der Waals surface area contributed by atoms with E-state index in [1.165, 1.54) is 48.7 Å². The summed E-state index contributed by atoms with van der Waals surface area (Å²) in [5.41, 5.74) is 13.1. The maximum Gasteiger partial charge on any atom is 0.0852 e. The van der Waals surface area contributed by atoms with E-state index in [9.17, 15) is 0 Å². The van der Waals surface area contributed by atoms with Gasteiger partial charge in [0.2, 0.25) is 0 Å². The Hall–Kier alpha value is -5.10.